The summed E-state index contributed by atoms with van der Waals surface area (Å²) in [7, 11) is 0. The van der Waals surface area contributed by atoms with Crippen molar-refractivity contribution in [3.8, 4) is 0 Å². The summed E-state index contributed by atoms with van der Waals surface area (Å²) in [5.41, 5.74) is 27.9. The predicted molar refractivity (Wildman–Crippen MR) is 362 cm³/mol. The number of aliphatic hydroxyl groups excluding tert-OH is 1. The third-order valence-electron chi connectivity index (χ3n) is 16.6. The third-order valence-corrected chi connectivity index (χ3v) is 16.6. The number of aliphatic imine (C=N–C) groups is 1. The molecule has 37 heteroatoms. The Morgan fingerprint density at radius 2 is 0.930 bits per heavy atom. The van der Waals surface area contributed by atoms with Gasteiger partial charge in [-0.05, 0) is 80.5 Å². The van der Waals surface area contributed by atoms with Gasteiger partial charge in [-0.3, -0.25) is 76.9 Å². The number of carbonyl (C=O) groups excluding carboxylic acids is 14. The Labute approximate surface area is 582 Å². The van der Waals surface area contributed by atoms with Gasteiger partial charge in [0.15, 0.2) is 5.96 Å². The number of rotatable bonds is 46. The Morgan fingerprint density at radius 3 is 1.42 bits per heavy atom. The molecular formula is C63H110N18O19. The molecule has 0 unspecified atom stereocenters. The lowest BCUT2D eigenvalue weighted by molar-refractivity contribution is -0.145. The van der Waals surface area contributed by atoms with Crippen molar-refractivity contribution in [2.75, 3.05) is 26.2 Å². The zero-order valence-corrected chi connectivity index (χ0v) is 59.4. The number of hydrogen-bond donors (Lipinski definition) is 19. The van der Waals surface area contributed by atoms with Crippen LogP contribution in [0.25, 0.3) is 0 Å². The van der Waals surface area contributed by atoms with Crippen LogP contribution in [0.1, 0.15) is 160 Å². The van der Waals surface area contributed by atoms with Gasteiger partial charge < -0.3 is 107 Å². The van der Waals surface area contributed by atoms with Crippen LogP contribution in [0.4, 0.5) is 0 Å². The number of carbonyl (C=O) groups is 16. The number of amides is 14. The SMILES string of the molecule is CC[C@H](C)[C@H](NC(=O)[C@@H]1CCCN1C(=O)CNC(=O)[C@H](CC(C)C)NC(=O)[C@H](CC(N)=O)NC(=O)[C@H](CC(C)C)NC(=O)[C@@H](NC(=O)[C@H](CCCN=C(N)N)NC(=O)[C@H](CO)NC(=O)[C@H](CCC(N)=O)NC(=O)[C@H](CC(=O)O)NC(=O)[C@@H](NC(=O)[C@@H](N)C(C)C)[C@@H](C)CC)C(C)C)C(=O)O. The lowest BCUT2D eigenvalue weighted by Crippen LogP contribution is -2.62. The predicted octanol–water partition coefficient (Wildman–Crippen LogP) is -5.49. The van der Waals surface area contributed by atoms with Gasteiger partial charge in [-0.15, -0.1) is 0 Å². The van der Waals surface area contributed by atoms with Gasteiger partial charge in [0.25, 0.3) is 0 Å². The van der Waals surface area contributed by atoms with E-state index in [4.69, 9.17) is 28.7 Å². The zero-order valence-electron chi connectivity index (χ0n) is 59.4. The van der Waals surface area contributed by atoms with E-state index in [9.17, 15) is 92.0 Å². The maximum Gasteiger partial charge on any atom is 0.326 e. The first-order chi connectivity index (χ1) is 46.6. The van der Waals surface area contributed by atoms with E-state index in [1.807, 2.05) is 0 Å². The molecular weight excluding hydrogens is 1310 g/mol. The molecule has 1 rings (SSSR count). The molecule has 1 saturated heterocycles. The molecule has 0 bridgehead atoms. The Hall–Kier alpha value is -9.29. The van der Waals surface area contributed by atoms with Crippen molar-refractivity contribution < 1.29 is 92.0 Å². The molecule has 24 N–H and O–H groups in total. The lowest BCUT2D eigenvalue weighted by atomic mass is 9.96. The quantitative estimate of drug-likeness (QED) is 0.0154. The van der Waals surface area contributed by atoms with E-state index in [1.54, 1.807) is 69.2 Å². The minimum Gasteiger partial charge on any atom is -0.481 e. The van der Waals surface area contributed by atoms with Crippen LogP contribution in [0.15, 0.2) is 4.99 Å². The van der Waals surface area contributed by atoms with Gasteiger partial charge in [0.05, 0.1) is 32.0 Å². The van der Waals surface area contributed by atoms with Crippen LogP contribution in [0, 0.1) is 35.5 Å². The van der Waals surface area contributed by atoms with Gasteiger partial charge >= 0.3 is 11.9 Å². The molecule has 0 saturated carbocycles. The van der Waals surface area contributed by atoms with Crippen molar-refractivity contribution >= 4 is 101 Å². The summed E-state index contributed by atoms with van der Waals surface area (Å²) in [5.74, 6) is -19.6. The van der Waals surface area contributed by atoms with Crippen molar-refractivity contribution in [2.24, 2.45) is 69.2 Å². The van der Waals surface area contributed by atoms with Crippen molar-refractivity contribution in [2.45, 2.75) is 233 Å². The van der Waals surface area contributed by atoms with E-state index >= 15 is 0 Å². The van der Waals surface area contributed by atoms with E-state index in [0.717, 1.165) is 0 Å². The van der Waals surface area contributed by atoms with Gasteiger partial charge in [-0.1, -0.05) is 95.9 Å². The second-order valence-corrected chi connectivity index (χ2v) is 26.6. The molecule has 1 fully saturated rings. The van der Waals surface area contributed by atoms with E-state index in [2.05, 4.69) is 63.5 Å². The lowest BCUT2D eigenvalue weighted by Gasteiger charge is -2.29. The van der Waals surface area contributed by atoms with E-state index in [1.165, 1.54) is 18.7 Å². The minimum absolute atomic E-state index is 0.0201. The molecule has 0 aromatic rings. The molecule has 0 radical (unpaired) electrons. The standard InChI is InChI=1S/C63H110N18O19/c1-13-33(11)49(79-59(96)47(66)31(7)8)61(98)76-40(26-46(86)87)56(93)72-36(19-20-43(64)83)52(89)77-41(28-82)57(94)71-35(17-15-21-69-63(67)68)53(90)78-48(32(9)10)60(97)75-38(24-30(5)6)54(91)74-39(25-44(65)84)55(92)73-37(23-29(3)4)51(88)70-27-45(85)81-22-16-18-42(81)58(95)80-50(62(99)100)34(12)14-2/h29-42,47-50,82H,13-28,66H2,1-12H3,(H2,64,83)(H2,65,84)(H,70,88)(H,71,94)(H,72,93)(H,73,92)(H,74,91)(H,75,97)(H,76,98)(H,77,89)(H,78,90)(H,79,96)(H,80,95)(H,86,87)(H,99,100)(H4,67,68,69)/t33-,34-,35-,36-,37-,38-,39-,40-,41-,42-,47-,48-,49-,50-/m0/s1. The molecule has 14 atom stereocenters. The number of primary amides is 2. The topological polar surface area (TPSA) is 612 Å². The molecule has 566 valence electrons. The van der Waals surface area contributed by atoms with Crippen molar-refractivity contribution in [1.29, 1.82) is 0 Å². The number of nitrogens with one attached hydrogen (secondary N) is 11. The van der Waals surface area contributed by atoms with E-state index in [-0.39, 0.29) is 68.9 Å². The van der Waals surface area contributed by atoms with E-state index in [0.29, 0.717) is 19.3 Å². The number of nitrogens with two attached hydrogens (primary N) is 5. The summed E-state index contributed by atoms with van der Waals surface area (Å²) < 4.78 is 0. The highest BCUT2D eigenvalue weighted by atomic mass is 16.4. The van der Waals surface area contributed by atoms with Gasteiger partial charge in [0.1, 0.15) is 66.5 Å². The number of carboxylic acid groups (broad SMARTS) is 2. The fourth-order valence-corrected chi connectivity index (χ4v) is 10.3. The fourth-order valence-electron chi connectivity index (χ4n) is 10.3. The molecule has 0 aliphatic carbocycles. The summed E-state index contributed by atoms with van der Waals surface area (Å²) in [6.07, 6.45) is -2.03. The second kappa shape index (κ2) is 44.0. The molecule has 0 aromatic carbocycles. The maximum atomic E-state index is 14.4. The second-order valence-electron chi connectivity index (χ2n) is 26.6. The molecule has 1 aliphatic heterocycles. The average molecular weight is 1420 g/mol. The van der Waals surface area contributed by atoms with Crippen molar-refractivity contribution in [3.63, 3.8) is 0 Å². The van der Waals surface area contributed by atoms with Crippen LogP contribution in [0.2, 0.25) is 0 Å². The third kappa shape index (κ3) is 31.3. The van der Waals surface area contributed by atoms with Gasteiger partial charge in [0, 0.05) is 19.5 Å². The highest BCUT2D eigenvalue weighted by Crippen LogP contribution is 2.20. The number of aliphatic hydroxyl groups is 1. The van der Waals surface area contributed by atoms with Crippen LogP contribution in [-0.2, 0) is 76.7 Å². The van der Waals surface area contributed by atoms with Crippen LogP contribution in [-0.4, -0.2) is 220 Å². The zero-order chi connectivity index (χ0) is 76.6. The number of carboxylic acids is 2. The first-order valence-corrected chi connectivity index (χ1v) is 33.6. The molecule has 37 nitrogen and oxygen atoms in total. The largest absolute Gasteiger partial charge is 0.481 e. The van der Waals surface area contributed by atoms with Crippen LogP contribution in [0.3, 0.4) is 0 Å². The van der Waals surface area contributed by atoms with Crippen LogP contribution < -0.4 is 87.2 Å². The minimum atomic E-state index is -1.94. The molecule has 1 aliphatic rings. The smallest absolute Gasteiger partial charge is 0.326 e. The summed E-state index contributed by atoms with van der Waals surface area (Å²) in [6.45, 7) is 18.2. The van der Waals surface area contributed by atoms with E-state index < -0.39 is 224 Å². The van der Waals surface area contributed by atoms with Crippen molar-refractivity contribution in [1.82, 2.24) is 63.4 Å². The maximum absolute atomic E-state index is 14.4. The van der Waals surface area contributed by atoms with Crippen LogP contribution >= 0.6 is 0 Å². The normalized spacial score (nSPS) is 16.7. The van der Waals surface area contributed by atoms with Gasteiger partial charge in [-0.25, -0.2) is 4.79 Å². The number of nitrogens with zero attached hydrogens (tertiary/aromatic N) is 2. The molecule has 0 spiro atoms. The molecule has 0 aromatic heterocycles. The van der Waals surface area contributed by atoms with Gasteiger partial charge in [0.2, 0.25) is 82.7 Å². The Morgan fingerprint density at radius 1 is 0.490 bits per heavy atom. The fraction of sp³-hybridized carbons (Fsp3) is 0.730. The Balaban J connectivity index is 3.53. The molecule has 14 amide bonds. The van der Waals surface area contributed by atoms with Crippen molar-refractivity contribution in [3.05, 3.63) is 0 Å². The monoisotopic (exact) mass is 1420 g/mol. The highest BCUT2D eigenvalue weighted by Gasteiger charge is 2.40. The number of aliphatic carboxylic acids is 2. The number of hydrogen-bond acceptors (Lipinski definition) is 19. The Bertz CT molecular complexity index is 2890. The first-order valence-electron chi connectivity index (χ1n) is 33.6. The van der Waals surface area contributed by atoms with Crippen LogP contribution in [0.5, 0.6) is 0 Å². The molecule has 100 heavy (non-hydrogen) atoms. The molecule has 1 heterocycles. The highest BCUT2D eigenvalue weighted by molar-refractivity contribution is 6.01. The number of likely N-dealkylation sites (tertiary alicyclic amines) is 1. The average Bonchev–Trinajstić information content (AvgIpc) is 1.68. The summed E-state index contributed by atoms with van der Waals surface area (Å²) in [5, 5.41) is 56.7. The summed E-state index contributed by atoms with van der Waals surface area (Å²) in [6, 6.07) is -18.0. The number of guanidine groups is 1. The summed E-state index contributed by atoms with van der Waals surface area (Å²) >= 11 is 0. The summed E-state index contributed by atoms with van der Waals surface area (Å²) in [4.78, 5) is 220. The Kier molecular flexibility index (Phi) is 39.0. The first kappa shape index (κ1) is 88.7. The van der Waals surface area contributed by atoms with Gasteiger partial charge in [-0.2, -0.15) is 0 Å².